The number of nitrogens with two attached hydrogens (primary N) is 1. The molecule has 1 aliphatic heterocycles. The minimum atomic E-state index is -0.774. The SMILES string of the molecule is NC(=O)C1CCCN(C(=O)COc2cc(F)cc(F)c2)C1. The highest BCUT2D eigenvalue weighted by Gasteiger charge is 2.27. The molecule has 114 valence electrons. The number of carbonyl (C=O) groups excluding carboxylic acids is 2. The molecule has 0 radical (unpaired) electrons. The predicted molar refractivity (Wildman–Crippen MR) is 70.4 cm³/mol. The summed E-state index contributed by atoms with van der Waals surface area (Å²) in [5.74, 6) is -2.72. The van der Waals surface area contributed by atoms with Crippen molar-refractivity contribution in [1.29, 1.82) is 0 Å². The van der Waals surface area contributed by atoms with E-state index in [9.17, 15) is 18.4 Å². The van der Waals surface area contributed by atoms with E-state index in [1.165, 1.54) is 4.90 Å². The van der Waals surface area contributed by atoms with Crippen molar-refractivity contribution < 1.29 is 23.1 Å². The molecule has 0 aromatic heterocycles. The Kier molecular flexibility index (Phi) is 4.72. The van der Waals surface area contributed by atoms with Crippen molar-refractivity contribution in [3.8, 4) is 5.75 Å². The minimum absolute atomic E-state index is 0.0516. The van der Waals surface area contributed by atoms with E-state index in [0.717, 1.165) is 18.2 Å². The average molecular weight is 298 g/mol. The van der Waals surface area contributed by atoms with Crippen molar-refractivity contribution in [2.75, 3.05) is 19.7 Å². The van der Waals surface area contributed by atoms with E-state index in [1.807, 2.05) is 0 Å². The molecule has 1 aromatic rings. The highest BCUT2D eigenvalue weighted by molar-refractivity contribution is 5.81. The number of benzene rings is 1. The van der Waals surface area contributed by atoms with Crippen LogP contribution in [-0.4, -0.2) is 36.4 Å². The van der Waals surface area contributed by atoms with Crippen LogP contribution in [0.5, 0.6) is 5.75 Å². The smallest absolute Gasteiger partial charge is 0.260 e. The molecule has 2 rings (SSSR count). The van der Waals surface area contributed by atoms with Crippen LogP contribution >= 0.6 is 0 Å². The van der Waals surface area contributed by atoms with Crippen LogP contribution in [0.3, 0.4) is 0 Å². The fraction of sp³-hybridized carbons (Fsp3) is 0.429. The molecule has 1 unspecified atom stereocenters. The van der Waals surface area contributed by atoms with Gasteiger partial charge in [-0.15, -0.1) is 0 Å². The van der Waals surface area contributed by atoms with Gasteiger partial charge in [-0.25, -0.2) is 8.78 Å². The first-order chi connectivity index (χ1) is 9.95. The van der Waals surface area contributed by atoms with E-state index in [1.54, 1.807) is 0 Å². The number of rotatable bonds is 4. The summed E-state index contributed by atoms with van der Waals surface area (Å²) in [6.45, 7) is 0.437. The van der Waals surface area contributed by atoms with Gasteiger partial charge in [0.1, 0.15) is 17.4 Å². The number of nitrogens with zero attached hydrogens (tertiary/aromatic N) is 1. The Morgan fingerprint density at radius 2 is 1.95 bits per heavy atom. The lowest BCUT2D eigenvalue weighted by atomic mass is 9.97. The first-order valence-electron chi connectivity index (χ1n) is 6.61. The Bertz CT molecular complexity index is 531. The zero-order valence-electron chi connectivity index (χ0n) is 11.4. The van der Waals surface area contributed by atoms with E-state index in [2.05, 4.69) is 0 Å². The quantitative estimate of drug-likeness (QED) is 0.903. The van der Waals surface area contributed by atoms with Gasteiger partial charge in [0.2, 0.25) is 5.91 Å². The van der Waals surface area contributed by atoms with Crippen LogP contribution in [0.4, 0.5) is 8.78 Å². The van der Waals surface area contributed by atoms with Gasteiger partial charge in [0.05, 0.1) is 5.92 Å². The fourth-order valence-electron chi connectivity index (χ4n) is 2.28. The van der Waals surface area contributed by atoms with Crippen LogP contribution in [-0.2, 0) is 9.59 Å². The number of piperidine rings is 1. The zero-order chi connectivity index (χ0) is 15.4. The second-order valence-corrected chi connectivity index (χ2v) is 4.98. The molecule has 5 nitrogen and oxygen atoms in total. The molecule has 1 fully saturated rings. The Morgan fingerprint density at radius 3 is 2.57 bits per heavy atom. The van der Waals surface area contributed by atoms with Gasteiger partial charge in [0.25, 0.3) is 5.91 Å². The van der Waals surface area contributed by atoms with Gasteiger partial charge in [0.15, 0.2) is 6.61 Å². The predicted octanol–water partition coefficient (Wildman–Crippen LogP) is 1.07. The maximum absolute atomic E-state index is 13.0. The van der Waals surface area contributed by atoms with Crippen molar-refractivity contribution >= 4 is 11.8 Å². The Morgan fingerprint density at radius 1 is 1.29 bits per heavy atom. The highest BCUT2D eigenvalue weighted by Crippen LogP contribution is 2.18. The molecule has 7 heteroatoms. The molecule has 1 heterocycles. The van der Waals surface area contributed by atoms with Crippen molar-refractivity contribution in [3.63, 3.8) is 0 Å². The summed E-state index contributed by atoms with van der Waals surface area (Å²) >= 11 is 0. The summed E-state index contributed by atoms with van der Waals surface area (Å²) < 4.78 is 31.1. The lowest BCUT2D eigenvalue weighted by Gasteiger charge is -2.31. The third kappa shape index (κ3) is 4.14. The number of likely N-dealkylation sites (tertiary alicyclic amines) is 1. The van der Waals surface area contributed by atoms with Crippen molar-refractivity contribution in [3.05, 3.63) is 29.8 Å². The average Bonchev–Trinajstić information content (AvgIpc) is 2.44. The summed E-state index contributed by atoms with van der Waals surface area (Å²) in [6.07, 6.45) is 1.35. The van der Waals surface area contributed by atoms with Gasteiger partial charge in [-0.1, -0.05) is 0 Å². The molecular weight excluding hydrogens is 282 g/mol. The maximum atomic E-state index is 13.0. The number of carbonyl (C=O) groups is 2. The van der Waals surface area contributed by atoms with Gasteiger partial charge in [-0.2, -0.15) is 0 Å². The van der Waals surface area contributed by atoms with Crippen molar-refractivity contribution in [2.24, 2.45) is 11.7 Å². The number of halogens is 2. The molecule has 1 aromatic carbocycles. The van der Waals surface area contributed by atoms with Crippen LogP contribution in [0, 0.1) is 17.6 Å². The third-order valence-corrected chi connectivity index (χ3v) is 3.37. The summed E-state index contributed by atoms with van der Waals surface area (Å²) in [5, 5.41) is 0. The molecule has 2 N–H and O–H groups in total. The topological polar surface area (TPSA) is 72.6 Å². The van der Waals surface area contributed by atoms with Crippen LogP contribution < -0.4 is 10.5 Å². The lowest BCUT2D eigenvalue weighted by molar-refractivity contribution is -0.136. The monoisotopic (exact) mass is 298 g/mol. The van der Waals surface area contributed by atoms with Crippen LogP contribution in [0.2, 0.25) is 0 Å². The van der Waals surface area contributed by atoms with E-state index < -0.39 is 17.5 Å². The van der Waals surface area contributed by atoms with Gasteiger partial charge in [-0.05, 0) is 12.8 Å². The van der Waals surface area contributed by atoms with E-state index in [0.29, 0.717) is 19.4 Å². The lowest BCUT2D eigenvalue weighted by Crippen LogP contribution is -2.45. The molecular formula is C14H16F2N2O3. The Balaban J connectivity index is 1.90. The van der Waals surface area contributed by atoms with Gasteiger partial charge in [-0.3, -0.25) is 9.59 Å². The maximum Gasteiger partial charge on any atom is 0.260 e. The normalized spacial score (nSPS) is 18.4. The van der Waals surface area contributed by atoms with Crippen molar-refractivity contribution in [2.45, 2.75) is 12.8 Å². The van der Waals surface area contributed by atoms with Gasteiger partial charge >= 0.3 is 0 Å². The second kappa shape index (κ2) is 6.51. The number of amides is 2. The Labute approximate surface area is 120 Å². The number of primary amides is 1. The molecule has 2 amide bonds. The molecule has 0 bridgehead atoms. The number of ether oxygens (including phenoxy) is 1. The van der Waals surface area contributed by atoms with Crippen molar-refractivity contribution in [1.82, 2.24) is 4.90 Å². The zero-order valence-corrected chi connectivity index (χ0v) is 11.4. The molecule has 0 saturated carbocycles. The van der Waals surface area contributed by atoms with Gasteiger partial charge < -0.3 is 15.4 Å². The van der Waals surface area contributed by atoms with Gasteiger partial charge in [0, 0.05) is 31.3 Å². The third-order valence-electron chi connectivity index (χ3n) is 3.37. The molecule has 0 spiro atoms. The summed E-state index contributed by atoms with van der Waals surface area (Å²) in [5.41, 5.74) is 5.24. The van der Waals surface area contributed by atoms with Crippen LogP contribution in [0.1, 0.15) is 12.8 Å². The van der Waals surface area contributed by atoms with E-state index in [4.69, 9.17) is 10.5 Å². The first-order valence-corrected chi connectivity index (χ1v) is 6.61. The molecule has 21 heavy (non-hydrogen) atoms. The minimum Gasteiger partial charge on any atom is -0.484 e. The van der Waals surface area contributed by atoms with Crippen LogP contribution in [0.25, 0.3) is 0 Å². The summed E-state index contributed by atoms with van der Waals surface area (Å²) in [7, 11) is 0. The number of hydrogen-bond acceptors (Lipinski definition) is 3. The highest BCUT2D eigenvalue weighted by atomic mass is 19.1. The molecule has 1 aliphatic rings. The fourth-order valence-corrected chi connectivity index (χ4v) is 2.28. The summed E-state index contributed by atoms with van der Waals surface area (Å²) in [6, 6.07) is 2.72. The molecule has 0 aliphatic carbocycles. The van der Waals surface area contributed by atoms with Crippen LogP contribution in [0.15, 0.2) is 18.2 Å². The Hall–Kier alpha value is -2.18. The number of hydrogen-bond donors (Lipinski definition) is 1. The first kappa shape index (κ1) is 15.2. The standard InChI is InChI=1S/C14H16F2N2O3/c15-10-4-11(16)6-12(5-10)21-8-13(19)18-3-1-2-9(7-18)14(17)20/h4-6,9H,1-3,7-8H2,(H2,17,20). The summed E-state index contributed by atoms with van der Waals surface area (Å²) in [4.78, 5) is 24.6. The second-order valence-electron chi connectivity index (χ2n) is 4.98. The largest absolute Gasteiger partial charge is 0.484 e. The molecule has 1 saturated heterocycles. The van der Waals surface area contributed by atoms with E-state index >= 15 is 0 Å². The van der Waals surface area contributed by atoms with E-state index in [-0.39, 0.29) is 30.7 Å². The molecule has 1 atom stereocenters.